The number of benzene rings is 1. The summed E-state index contributed by atoms with van der Waals surface area (Å²) in [4.78, 5) is 2.40. The number of nitrogens with zero attached hydrogens (tertiary/aromatic N) is 1. The van der Waals surface area contributed by atoms with Gasteiger partial charge in [-0.25, -0.2) is 13.1 Å². The Morgan fingerprint density at radius 2 is 2.17 bits per heavy atom. The average Bonchev–Trinajstić information content (AvgIpc) is 2.55. The number of aliphatic hydroxyl groups excluding tert-OH is 1. The highest BCUT2D eigenvalue weighted by atomic mass is 32.2. The minimum absolute atomic E-state index is 0.129. The summed E-state index contributed by atoms with van der Waals surface area (Å²) in [5, 5.41) is 9.39. The topological polar surface area (TPSA) is 78.9 Å². The molecule has 1 heterocycles. The molecule has 23 heavy (non-hydrogen) atoms. The van der Waals surface area contributed by atoms with Gasteiger partial charge in [0.05, 0.1) is 18.6 Å². The molecular weight excluding hydrogens is 316 g/mol. The van der Waals surface area contributed by atoms with Crippen molar-refractivity contribution < 1.29 is 18.3 Å². The second-order valence-electron chi connectivity index (χ2n) is 5.90. The Morgan fingerprint density at radius 1 is 1.39 bits per heavy atom. The summed E-state index contributed by atoms with van der Waals surface area (Å²) in [6, 6.07) is 4.97. The first-order valence-corrected chi connectivity index (χ1v) is 9.45. The summed E-state index contributed by atoms with van der Waals surface area (Å²) < 4.78 is 32.5. The maximum atomic E-state index is 12.4. The Bertz CT molecular complexity index is 619. The standard InChI is InChI=1S/C16H26N2O4S/c1-13-11-15(6-7-16(13)22-2)23(20,21)17-8-10-18-9-4-3-5-14(18)12-19/h6-7,11,14,17,19H,3-5,8-10,12H2,1-2H3/t14-/m0/s1. The van der Waals surface area contributed by atoms with Crippen molar-refractivity contribution in [1.82, 2.24) is 9.62 Å². The molecule has 0 aliphatic carbocycles. The third kappa shape index (κ3) is 4.67. The molecule has 0 saturated carbocycles. The summed E-state index contributed by atoms with van der Waals surface area (Å²) >= 11 is 0. The van der Waals surface area contributed by atoms with Crippen LogP contribution in [0.4, 0.5) is 0 Å². The van der Waals surface area contributed by atoms with E-state index < -0.39 is 10.0 Å². The first kappa shape index (κ1) is 18.2. The Hall–Kier alpha value is -1.15. The summed E-state index contributed by atoms with van der Waals surface area (Å²) in [6.07, 6.45) is 3.19. The van der Waals surface area contributed by atoms with E-state index in [9.17, 15) is 13.5 Å². The van der Waals surface area contributed by atoms with Crippen LogP contribution in [0.3, 0.4) is 0 Å². The number of rotatable bonds is 7. The first-order chi connectivity index (χ1) is 11.0. The fourth-order valence-corrected chi connectivity index (χ4v) is 4.09. The van der Waals surface area contributed by atoms with Gasteiger partial charge in [0, 0.05) is 19.1 Å². The van der Waals surface area contributed by atoms with Gasteiger partial charge in [-0.05, 0) is 50.1 Å². The van der Waals surface area contributed by atoms with Crippen LogP contribution < -0.4 is 9.46 Å². The highest BCUT2D eigenvalue weighted by Crippen LogP contribution is 2.21. The first-order valence-electron chi connectivity index (χ1n) is 7.97. The Kier molecular flexibility index (Phi) is 6.41. The van der Waals surface area contributed by atoms with Gasteiger partial charge in [-0.1, -0.05) is 6.42 Å². The Morgan fingerprint density at radius 3 is 2.83 bits per heavy atom. The lowest BCUT2D eigenvalue weighted by Crippen LogP contribution is -2.45. The number of methoxy groups -OCH3 is 1. The number of hydrogen-bond donors (Lipinski definition) is 2. The second-order valence-corrected chi connectivity index (χ2v) is 7.66. The molecule has 2 N–H and O–H groups in total. The maximum absolute atomic E-state index is 12.4. The van der Waals surface area contributed by atoms with Crippen LogP contribution in [-0.2, 0) is 10.0 Å². The summed E-state index contributed by atoms with van der Waals surface area (Å²) in [6.45, 7) is 3.81. The van der Waals surface area contributed by atoms with Crippen LogP contribution in [0.1, 0.15) is 24.8 Å². The summed E-state index contributed by atoms with van der Waals surface area (Å²) in [5.41, 5.74) is 0.784. The van der Waals surface area contributed by atoms with E-state index in [0.29, 0.717) is 18.8 Å². The quantitative estimate of drug-likeness (QED) is 0.777. The number of sulfonamides is 1. The third-order valence-electron chi connectivity index (χ3n) is 4.33. The fraction of sp³-hybridized carbons (Fsp3) is 0.625. The van der Waals surface area contributed by atoms with Crippen LogP contribution >= 0.6 is 0 Å². The van der Waals surface area contributed by atoms with E-state index in [-0.39, 0.29) is 17.5 Å². The third-order valence-corrected chi connectivity index (χ3v) is 5.79. The Labute approximate surface area is 138 Å². The minimum Gasteiger partial charge on any atom is -0.496 e. The molecule has 1 atom stereocenters. The number of nitrogens with one attached hydrogen (secondary N) is 1. The highest BCUT2D eigenvalue weighted by Gasteiger charge is 2.22. The fourth-order valence-electron chi connectivity index (χ4n) is 2.99. The van der Waals surface area contributed by atoms with Crippen molar-refractivity contribution in [3.63, 3.8) is 0 Å². The van der Waals surface area contributed by atoms with Gasteiger partial charge in [0.2, 0.25) is 10.0 Å². The molecular formula is C16H26N2O4S. The minimum atomic E-state index is -3.53. The van der Waals surface area contributed by atoms with Gasteiger partial charge in [-0.2, -0.15) is 0 Å². The molecule has 1 aliphatic rings. The number of hydrogen-bond acceptors (Lipinski definition) is 5. The van der Waals surface area contributed by atoms with E-state index in [1.54, 1.807) is 25.3 Å². The summed E-state index contributed by atoms with van der Waals surface area (Å²) in [5.74, 6) is 0.669. The molecule has 1 aliphatic heterocycles. The number of aryl methyl sites for hydroxylation is 1. The Balaban J connectivity index is 1.94. The van der Waals surface area contributed by atoms with Gasteiger partial charge in [-0.3, -0.25) is 4.90 Å². The molecule has 0 bridgehead atoms. The molecule has 0 unspecified atom stereocenters. The van der Waals surface area contributed by atoms with Crippen molar-refractivity contribution in [1.29, 1.82) is 0 Å². The lowest BCUT2D eigenvalue weighted by molar-refractivity contribution is 0.0923. The van der Waals surface area contributed by atoms with Crippen LogP contribution in [0.5, 0.6) is 5.75 Å². The summed E-state index contributed by atoms with van der Waals surface area (Å²) in [7, 11) is -1.97. The van der Waals surface area contributed by atoms with Crippen LogP contribution in [0.2, 0.25) is 0 Å². The number of ether oxygens (including phenoxy) is 1. The molecule has 6 nitrogen and oxygen atoms in total. The molecule has 7 heteroatoms. The van der Waals surface area contributed by atoms with E-state index in [4.69, 9.17) is 4.74 Å². The number of piperidine rings is 1. The molecule has 1 saturated heterocycles. The molecule has 0 amide bonds. The van der Waals surface area contributed by atoms with Gasteiger partial charge in [0.15, 0.2) is 0 Å². The van der Waals surface area contributed by atoms with Crippen LogP contribution in [0, 0.1) is 6.92 Å². The average molecular weight is 342 g/mol. The van der Waals surface area contributed by atoms with Crippen molar-refractivity contribution in [2.45, 2.75) is 37.1 Å². The van der Waals surface area contributed by atoms with E-state index >= 15 is 0 Å². The zero-order valence-electron chi connectivity index (χ0n) is 13.8. The molecule has 1 aromatic rings. The van der Waals surface area contributed by atoms with Crippen molar-refractivity contribution in [3.8, 4) is 5.75 Å². The molecule has 0 spiro atoms. The van der Waals surface area contributed by atoms with E-state index in [2.05, 4.69) is 9.62 Å². The zero-order valence-corrected chi connectivity index (χ0v) is 14.6. The van der Waals surface area contributed by atoms with Gasteiger partial charge < -0.3 is 9.84 Å². The molecule has 130 valence electrons. The van der Waals surface area contributed by atoms with Crippen LogP contribution in [-0.4, -0.2) is 57.8 Å². The van der Waals surface area contributed by atoms with E-state index in [1.165, 1.54) is 0 Å². The van der Waals surface area contributed by atoms with Crippen LogP contribution in [0.15, 0.2) is 23.1 Å². The van der Waals surface area contributed by atoms with Crippen molar-refractivity contribution in [2.75, 3.05) is 33.4 Å². The van der Waals surface area contributed by atoms with Gasteiger partial charge >= 0.3 is 0 Å². The largest absolute Gasteiger partial charge is 0.496 e. The predicted octanol–water partition coefficient (Wildman–Crippen LogP) is 1.13. The van der Waals surface area contributed by atoms with E-state index in [1.807, 2.05) is 6.92 Å². The molecule has 0 aromatic heterocycles. The predicted molar refractivity (Wildman–Crippen MR) is 89.2 cm³/mol. The maximum Gasteiger partial charge on any atom is 0.240 e. The molecule has 1 aromatic carbocycles. The van der Waals surface area contributed by atoms with Gasteiger partial charge in [-0.15, -0.1) is 0 Å². The van der Waals surface area contributed by atoms with Crippen molar-refractivity contribution >= 4 is 10.0 Å². The van der Waals surface area contributed by atoms with Crippen molar-refractivity contribution in [2.24, 2.45) is 0 Å². The van der Waals surface area contributed by atoms with Crippen molar-refractivity contribution in [3.05, 3.63) is 23.8 Å². The highest BCUT2D eigenvalue weighted by molar-refractivity contribution is 7.89. The lowest BCUT2D eigenvalue weighted by atomic mass is 10.0. The second kappa shape index (κ2) is 8.10. The van der Waals surface area contributed by atoms with Crippen LogP contribution in [0.25, 0.3) is 0 Å². The van der Waals surface area contributed by atoms with Gasteiger partial charge in [0.25, 0.3) is 0 Å². The molecule has 2 rings (SSSR count). The molecule has 0 radical (unpaired) electrons. The molecule has 1 fully saturated rings. The lowest BCUT2D eigenvalue weighted by Gasteiger charge is -2.34. The number of aliphatic hydroxyl groups is 1. The zero-order chi connectivity index (χ0) is 16.9. The van der Waals surface area contributed by atoms with E-state index in [0.717, 1.165) is 31.4 Å². The smallest absolute Gasteiger partial charge is 0.240 e. The number of likely N-dealkylation sites (tertiary alicyclic amines) is 1. The SMILES string of the molecule is COc1ccc(S(=O)(=O)NCCN2CCCC[C@H]2CO)cc1C. The monoisotopic (exact) mass is 342 g/mol. The van der Waals surface area contributed by atoms with Gasteiger partial charge in [0.1, 0.15) is 5.75 Å². The normalized spacial score (nSPS) is 19.7.